The first-order valence-corrected chi connectivity index (χ1v) is 18.2. The Morgan fingerprint density at radius 3 is 1.31 bits per heavy atom. The third kappa shape index (κ3) is 10.1. The van der Waals surface area contributed by atoms with Crippen LogP contribution < -0.4 is 9.47 Å². The molecule has 0 spiro atoms. The van der Waals surface area contributed by atoms with Gasteiger partial charge in [-0.3, -0.25) is 0 Å². The van der Waals surface area contributed by atoms with Crippen molar-refractivity contribution in [2.24, 2.45) is 23.7 Å². The van der Waals surface area contributed by atoms with E-state index in [1.165, 1.54) is 12.8 Å². The van der Waals surface area contributed by atoms with Gasteiger partial charge in [0.15, 0.2) is 11.5 Å². The lowest BCUT2D eigenvalue weighted by Crippen LogP contribution is -2.27. The van der Waals surface area contributed by atoms with Gasteiger partial charge in [0.2, 0.25) is 0 Å². The Morgan fingerprint density at radius 2 is 0.979 bits per heavy atom. The van der Waals surface area contributed by atoms with E-state index in [1.807, 2.05) is 0 Å². The maximum Gasteiger partial charge on any atom is 0.423 e. The van der Waals surface area contributed by atoms with Crippen molar-refractivity contribution >= 4 is 93.5 Å². The number of carbonyl (C=O) groups is 4. The summed E-state index contributed by atoms with van der Waals surface area (Å²) in [6.07, 6.45) is 9.92. The van der Waals surface area contributed by atoms with Gasteiger partial charge in [-0.2, -0.15) is 0 Å². The zero-order valence-electron chi connectivity index (χ0n) is 26.5. The van der Waals surface area contributed by atoms with E-state index in [2.05, 4.69) is 13.8 Å². The molecule has 0 N–H and O–H groups in total. The molecule has 4 rings (SSSR count). The van der Waals surface area contributed by atoms with Crippen molar-refractivity contribution in [2.75, 3.05) is 13.2 Å². The van der Waals surface area contributed by atoms with E-state index in [-0.39, 0.29) is 43.3 Å². The molecule has 0 aromatic heterocycles. The molecule has 0 heterocycles. The van der Waals surface area contributed by atoms with E-state index in [9.17, 15) is 19.2 Å². The molecule has 262 valence electrons. The molecule has 2 fully saturated rings. The zero-order chi connectivity index (χ0) is 35.1. The van der Waals surface area contributed by atoms with Gasteiger partial charge < -0.3 is 18.9 Å². The predicted molar refractivity (Wildman–Crippen MR) is 186 cm³/mol. The molecule has 2 aliphatic rings. The van der Waals surface area contributed by atoms with Crippen LogP contribution in [0.3, 0.4) is 0 Å². The monoisotopic (exact) mass is 782 g/mol. The van der Waals surface area contributed by atoms with Gasteiger partial charge in [-0.25, -0.2) is 19.2 Å². The van der Waals surface area contributed by atoms with Crippen LogP contribution in [-0.4, -0.2) is 37.1 Å². The van der Waals surface area contributed by atoms with Crippen molar-refractivity contribution in [2.45, 2.75) is 78.1 Å². The lowest BCUT2D eigenvalue weighted by Gasteiger charge is -2.16. The van der Waals surface area contributed by atoms with Crippen LogP contribution in [0.25, 0.3) is 0 Å². The number of carbonyl (C=O) groups excluding carboxylic acids is 4. The molecule has 0 radical (unpaired) electrons. The van der Waals surface area contributed by atoms with Crippen molar-refractivity contribution in [3.8, 4) is 11.5 Å². The Labute approximate surface area is 309 Å². The molecule has 8 nitrogen and oxygen atoms in total. The van der Waals surface area contributed by atoms with Gasteiger partial charge in [0.05, 0.1) is 43.3 Å². The largest absolute Gasteiger partial charge is 0.462 e. The van der Waals surface area contributed by atoms with Crippen LogP contribution >= 0.6 is 69.6 Å². The summed E-state index contributed by atoms with van der Waals surface area (Å²) in [5.41, 5.74) is -0.901. The van der Waals surface area contributed by atoms with Gasteiger partial charge in [-0.1, -0.05) is 109 Å². The van der Waals surface area contributed by atoms with Crippen LogP contribution in [0.4, 0.5) is 0 Å². The number of benzene rings is 2. The summed E-state index contributed by atoms with van der Waals surface area (Å²) in [6.45, 7) is 4.59. The van der Waals surface area contributed by atoms with Crippen molar-refractivity contribution in [1.29, 1.82) is 0 Å². The lowest BCUT2D eigenvalue weighted by atomic mass is 10.0. The van der Waals surface area contributed by atoms with Crippen molar-refractivity contribution in [3.63, 3.8) is 0 Å². The van der Waals surface area contributed by atoms with Gasteiger partial charge in [0, 0.05) is 0 Å². The molecule has 0 aliphatic heterocycles. The number of ether oxygens (including phenoxy) is 4. The standard InChI is InChI=1S/C34H36Cl6O8/c1-17-7-9-19(13-17)5-3-11-45-31(41)25-27(39)21(35)15-23(37)29(25)47-33(43)34(44)48-30-24(38)16-22(36)28(40)26(30)32(42)46-12-4-6-20-10-8-18(2)14-20/h15-20H,3-14H2,1-2H3. The third-order valence-electron chi connectivity index (χ3n) is 8.80. The molecule has 0 amide bonds. The second-order valence-corrected chi connectivity index (χ2v) is 15.0. The predicted octanol–water partition coefficient (Wildman–Crippen LogP) is 10.9. The minimum Gasteiger partial charge on any atom is -0.462 e. The highest BCUT2D eigenvalue weighted by atomic mass is 35.5. The highest BCUT2D eigenvalue weighted by Crippen LogP contribution is 2.42. The summed E-state index contributed by atoms with van der Waals surface area (Å²) < 4.78 is 21.2. The third-order valence-corrected chi connectivity index (χ3v) is 10.9. The molecular formula is C34H36Cl6O8. The number of halogens is 6. The van der Waals surface area contributed by atoms with E-state index >= 15 is 0 Å². The lowest BCUT2D eigenvalue weighted by molar-refractivity contribution is -0.156. The summed E-state index contributed by atoms with van der Waals surface area (Å²) in [5, 5.41) is -1.43. The van der Waals surface area contributed by atoms with E-state index in [0.29, 0.717) is 36.5 Å². The molecule has 48 heavy (non-hydrogen) atoms. The molecule has 2 aliphatic carbocycles. The average molecular weight is 785 g/mol. The molecule has 14 heteroatoms. The topological polar surface area (TPSA) is 105 Å². The Kier molecular flexibility index (Phi) is 14.4. The second-order valence-electron chi connectivity index (χ2n) is 12.6. The normalized spacial score (nSPS) is 20.4. The molecule has 2 aromatic rings. The van der Waals surface area contributed by atoms with Crippen LogP contribution in [0.15, 0.2) is 12.1 Å². The van der Waals surface area contributed by atoms with Gasteiger partial charge in [-0.15, -0.1) is 0 Å². The molecule has 0 saturated heterocycles. The highest BCUT2D eigenvalue weighted by molar-refractivity contribution is 6.47. The van der Waals surface area contributed by atoms with Crippen molar-refractivity contribution in [3.05, 3.63) is 53.4 Å². The summed E-state index contributed by atoms with van der Waals surface area (Å²) in [7, 11) is 0. The number of hydrogen-bond acceptors (Lipinski definition) is 8. The first kappa shape index (κ1) is 38.9. The van der Waals surface area contributed by atoms with Gasteiger partial charge in [-0.05, 0) is 74.3 Å². The fourth-order valence-corrected chi connectivity index (χ4v) is 7.82. The van der Waals surface area contributed by atoms with Crippen LogP contribution in [0.1, 0.15) is 98.8 Å². The van der Waals surface area contributed by atoms with Crippen LogP contribution in [0.5, 0.6) is 11.5 Å². The average Bonchev–Trinajstić information content (AvgIpc) is 3.65. The summed E-state index contributed by atoms with van der Waals surface area (Å²) in [5.74, 6) is -3.81. The van der Waals surface area contributed by atoms with E-state index in [4.69, 9.17) is 88.6 Å². The Hall–Kier alpha value is -1.94. The Morgan fingerprint density at radius 1 is 0.604 bits per heavy atom. The van der Waals surface area contributed by atoms with Crippen LogP contribution in [0.2, 0.25) is 30.1 Å². The van der Waals surface area contributed by atoms with Crippen LogP contribution in [-0.2, 0) is 19.1 Å². The van der Waals surface area contributed by atoms with E-state index in [1.54, 1.807) is 0 Å². The van der Waals surface area contributed by atoms with E-state index in [0.717, 1.165) is 50.7 Å². The van der Waals surface area contributed by atoms with Crippen molar-refractivity contribution in [1.82, 2.24) is 0 Å². The highest BCUT2D eigenvalue weighted by Gasteiger charge is 2.32. The van der Waals surface area contributed by atoms with Gasteiger partial charge in [0.25, 0.3) is 0 Å². The maximum absolute atomic E-state index is 13.1. The quantitative estimate of drug-likeness (QED) is 0.0689. The zero-order valence-corrected chi connectivity index (χ0v) is 31.0. The smallest absolute Gasteiger partial charge is 0.423 e. The minimum absolute atomic E-state index is 0.0775. The SMILES string of the molecule is CC1CCC(CCCOC(=O)c2c(Cl)c(Cl)cc(Cl)c2OC(=O)C(=O)Oc2c(Cl)cc(Cl)c(Cl)c2C(=O)OCCCC2CCC(C)C2)C1. The Balaban J connectivity index is 1.44. The number of esters is 4. The molecule has 2 saturated carbocycles. The molecule has 4 atom stereocenters. The van der Waals surface area contributed by atoms with Crippen LogP contribution in [0, 0.1) is 23.7 Å². The summed E-state index contributed by atoms with van der Waals surface area (Å²) >= 11 is 37.4. The molecule has 2 aromatic carbocycles. The second kappa shape index (κ2) is 17.8. The fourth-order valence-electron chi connectivity index (χ4n) is 6.38. The first-order valence-electron chi connectivity index (χ1n) is 15.9. The minimum atomic E-state index is -1.63. The fraction of sp³-hybridized carbons (Fsp3) is 0.529. The maximum atomic E-state index is 13.1. The molecule has 0 bridgehead atoms. The number of rotatable bonds is 12. The summed E-state index contributed by atoms with van der Waals surface area (Å²) in [6, 6.07) is 2.27. The molecule has 4 unspecified atom stereocenters. The number of hydrogen-bond donors (Lipinski definition) is 0. The van der Waals surface area contributed by atoms with Crippen molar-refractivity contribution < 1.29 is 38.1 Å². The first-order chi connectivity index (χ1) is 22.8. The Bertz CT molecular complexity index is 1430. The van der Waals surface area contributed by atoms with E-state index < -0.39 is 46.5 Å². The van der Waals surface area contributed by atoms with Gasteiger partial charge >= 0.3 is 23.9 Å². The summed E-state index contributed by atoms with van der Waals surface area (Å²) in [4.78, 5) is 52.1. The van der Waals surface area contributed by atoms with Gasteiger partial charge in [0.1, 0.15) is 11.1 Å². The molecular weight excluding hydrogens is 749 g/mol.